The van der Waals surface area contributed by atoms with E-state index in [1.165, 1.54) is 12.1 Å². The molecule has 0 aliphatic carbocycles. The molecular weight excluding hydrogens is 350 g/mol. The third-order valence-corrected chi connectivity index (χ3v) is 6.66. The summed E-state index contributed by atoms with van der Waals surface area (Å²) >= 11 is 0.993. The van der Waals surface area contributed by atoms with Crippen molar-refractivity contribution in [3.63, 3.8) is 0 Å². The zero-order valence-corrected chi connectivity index (χ0v) is 14.8. The number of piperidine rings is 1. The zero-order chi connectivity index (χ0) is 17.2. The Morgan fingerprint density at radius 2 is 2.21 bits per heavy atom. The Hall–Kier alpha value is -1.26. The maximum Gasteiger partial charge on any atom is 0.305 e. The average molecular weight is 371 g/mol. The SMILES string of the molecule is O=c1[nH]c2ccc(S(=O)(=O)NCCN3CCCC[C@@H]3CO)cc2s1. The molecule has 2 aromatic rings. The largest absolute Gasteiger partial charge is 0.395 e. The Bertz CT molecular complexity index is 859. The van der Waals surface area contributed by atoms with E-state index in [0.717, 1.165) is 37.1 Å². The maximum atomic E-state index is 12.4. The van der Waals surface area contributed by atoms with Gasteiger partial charge in [0.1, 0.15) is 0 Å². The highest BCUT2D eigenvalue weighted by molar-refractivity contribution is 7.89. The number of thiazole rings is 1. The van der Waals surface area contributed by atoms with Gasteiger partial charge >= 0.3 is 4.87 Å². The number of hydrogen-bond donors (Lipinski definition) is 3. The van der Waals surface area contributed by atoms with Crippen LogP contribution in [0.1, 0.15) is 19.3 Å². The minimum Gasteiger partial charge on any atom is -0.395 e. The molecule has 3 rings (SSSR count). The fourth-order valence-corrected chi connectivity index (χ4v) is 4.96. The second kappa shape index (κ2) is 7.32. The Morgan fingerprint density at radius 3 is 3.00 bits per heavy atom. The van der Waals surface area contributed by atoms with Crippen LogP contribution < -0.4 is 9.60 Å². The molecule has 1 aromatic carbocycles. The van der Waals surface area contributed by atoms with Crippen molar-refractivity contribution >= 4 is 31.6 Å². The highest BCUT2D eigenvalue weighted by Crippen LogP contribution is 2.20. The smallest absolute Gasteiger partial charge is 0.305 e. The Balaban J connectivity index is 1.65. The number of aliphatic hydroxyl groups excluding tert-OH is 1. The van der Waals surface area contributed by atoms with Crippen LogP contribution in [0.4, 0.5) is 0 Å². The molecule has 132 valence electrons. The van der Waals surface area contributed by atoms with Crippen molar-refractivity contribution in [2.75, 3.05) is 26.2 Å². The first-order valence-electron chi connectivity index (χ1n) is 7.97. The lowest BCUT2D eigenvalue weighted by atomic mass is 10.0. The van der Waals surface area contributed by atoms with Gasteiger partial charge in [-0.3, -0.25) is 9.69 Å². The van der Waals surface area contributed by atoms with E-state index < -0.39 is 10.0 Å². The lowest BCUT2D eigenvalue weighted by molar-refractivity contribution is 0.0923. The van der Waals surface area contributed by atoms with Crippen LogP contribution >= 0.6 is 11.3 Å². The number of aliphatic hydroxyl groups is 1. The van der Waals surface area contributed by atoms with Crippen molar-refractivity contribution in [1.29, 1.82) is 0 Å². The molecule has 1 atom stereocenters. The van der Waals surface area contributed by atoms with Crippen LogP contribution in [0.25, 0.3) is 10.2 Å². The third kappa shape index (κ3) is 3.86. The molecule has 7 nitrogen and oxygen atoms in total. The Labute approximate surface area is 144 Å². The van der Waals surface area contributed by atoms with E-state index in [2.05, 4.69) is 14.6 Å². The summed E-state index contributed by atoms with van der Waals surface area (Å²) in [4.78, 5) is 16.1. The number of hydrogen-bond acceptors (Lipinski definition) is 6. The second-order valence-corrected chi connectivity index (χ2v) is 8.72. The van der Waals surface area contributed by atoms with Gasteiger partial charge in [0.25, 0.3) is 0 Å². The van der Waals surface area contributed by atoms with E-state index in [0.29, 0.717) is 23.3 Å². The number of rotatable bonds is 6. The fourth-order valence-electron chi connectivity index (χ4n) is 3.06. The standard InChI is InChI=1S/C15H21N3O4S2/c19-10-11-3-1-2-7-18(11)8-6-16-24(21,22)12-4-5-13-14(9-12)23-15(20)17-13/h4-5,9,11,16,19H,1-3,6-8,10H2,(H,17,20)/t11-/m1/s1. The van der Waals surface area contributed by atoms with Gasteiger partial charge in [0.2, 0.25) is 10.0 Å². The number of aromatic amines is 1. The lowest BCUT2D eigenvalue weighted by Crippen LogP contribution is -2.45. The molecule has 0 radical (unpaired) electrons. The predicted molar refractivity (Wildman–Crippen MR) is 93.9 cm³/mol. The first-order valence-corrected chi connectivity index (χ1v) is 10.3. The minimum absolute atomic E-state index is 0.107. The van der Waals surface area contributed by atoms with Crippen molar-refractivity contribution in [1.82, 2.24) is 14.6 Å². The number of sulfonamides is 1. The maximum absolute atomic E-state index is 12.4. The molecule has 0 unspecified atom stereocenters. The van der Waals surface area contributed by atoms with Crippen LogP contribution in [0.15, 0.2) is 27.9 Å². The molecule has 24 heavy (non-hydrogen) atoms. The number of likely N-dealkylation sites (tertiary alicyclic amines) is 1. The van der Waals surface area contributed by atoms with E-state index in [4.69, 9.17) is 0 Å². The lowest BCUT2D eigenvalue weighted by Gasteiger charge is -2.34. The van der Waals surface area contributed by atoms with E-state index in [1.807, 2.05) is 0 Å². The Kier molecular flexibility index (Phi) is 5.36. The van der Waals surface area contributed by atoms with Crippen LogP contribution in [-0.4, -0.2) is 55.7 Å². The first-order chi connectivity index (χ1) is 11.5. The molecule has 9 heteroatoms. The molecule has 1 fully saturated rings. The summed E-state index contributed by atoms with van der Waals surface area (Å²) in [5.41, 5.74) is 0.642. The Morgan fingerprint density at radius 1 is 1.38 bits per heavy atom. The molecular formula is C15H21N3O4S2. The average Bonchev–Trinajstić information content (AvgIpc) is 2.94. The van der Waals surface area contributed by atoms with Crippen molar-refractivity contribution in [3.05, 3.63) is 27.9 Å². The summed E-state index contributed by atoms with van der Waals surface area (Å²) in [6, 6.07) is 4.73. The molecule has 0 amide bonds. The van der Waals surface area contributed by atoms with Gasteiger partial charge in [-0.05, 0) is 37.6 Å². The summed E-state index contributed by atoms with van der Waals surface area (Å²) in [6.07, 6.45) is 3.13. The van der Waals surface area contributed by atoms with Gasteiger partial charge in [-0.15, -0.1) is 0 Å². The number of nitrogens with zero attached hydrogens (tertiary/aromatic N) is 1. The van der Waals surface area contributed by atoms with Gasteiger partial charge in [-0.25, -0.2) is 13.1 Å². The van der Waals surface area contributed by atoms with Gasteiger partial charge in [0, 0.05) is 19.1 Å². The summed E-state index contributed by atoms with van der Waals surface area (Å²) in [5, 5.41) is 9.39. The van der Waals surface area contributed by atoms with Crippen LogP contribution in [-0.2, 0) is 10.0 Å². The summed E-state index contributed by atoms with van der Waals surface area (Å²) < 4.78 is 28.1. The van der Waals surface area contributed by atoms with Crippen LogP contribution in [0.5, 0.6) is 0 Å². The van der Waals surface area contributed by atoms with E-state index in [9.17, 15) is 18.3 Å². The molecule has 1 aliphatic rings. The summed E-state index contributed by atoms with van der Waals surface area (Å²) in [6.45, 7) is 1.86. The molecule has 3 N–H and O–H groups in total. The number of nitrogens with one attached hydrogen (secondary N) is 2. The molecule has 1 saturated heterocycles. The third-order valence-electron chi connectivity index (χ3n) is 4.35. The van der Waals surface area contributed by atoms with Crippen molar-refractivity contribution in [2.45, 2.75) is 30.2 Å². The first kappa shape index (κ1) is 17.6. The highest BCUT2D eigenvalue weighted by Gasteiger charge is 2.22. The van der Waals surface area contributed by atoms with Crippen molar-refractivity contribution < 1.29 is 13.5 Å². The topological polar surface area (TPSA) is 102 Å². The molecule has 0 spiro atoms. The van der Waals surface area contributed by atoms with E-state index in [-0.39, 0.29) is 22.4 Å². The van der Waals surface area contributed by atoms with Gasteiger partial charge in [0.15, 0.2) is 0 Å². The van der Waals surface area contributed by atoms with Crippen molar-refractivity contribution in [3.8, 4) is 0 Å². The monoisotopic (exact) mass is 371 g/mol. The van der Waals surface area contributed by atoms with Gasteiger partial charge in [-0.2, -0.15) is 0 Å². The van der Waals surface area contributed by atoms with Gasteiger partial charge in [0.05, 0.1) is 21.7 Å². The number of fused-ring (bicyclic) bond motifs is 1. The summed E-state index contributed by atoms with van der Waals surface area (Å²) in [7, 11) is -3.62. The fraction of sp³-hybridized carbons (Fsp3) is 0.533. The number of aromatic nitrogens is 1. The van der Waals surface area contributed by atoms with Gasteiger partial charge < -0.3 is 10.1 Å². The summed E-state index contributed by atoms with van der Waals surface area (Å²) in [5.74, 6) is 0. The minimum atomic E-state index is -3.62. The second-order valence-electron chi connectivity index (χ2n) is 5.94. The van der Waals surface area contributed by atoms with E-state index in [1.54, 1.807) is 6.07 Å². The normalized spacial score (nSPS) is 19.8. The molecule has 0 bridgehead atoms. The highest BCUT2D eigenvalue weighted by atomic mass is 32.2. The van der Waals surface area contributed by atoms with Crippen LogP contribution in [0.3, 0.4) is 0 Å². The van der Waals surface area contributed by atoms with Gasteiger partial charge in [-0.1, -0.05) is 17.8 Å². The molecule has 1 aromatic heterocycles. The van der Waals surface area contributed by atoms with Crippen LogP contribution in [0.2, 0.25) is 0 Å². The predicted octanol–water partition coefficient (Wildman–Crippen LogP) is 0.715. The number of H-pyrrole nitrogens is 1. The van der Waals surface area contributed by atoms with Crippen molar-refractivity contribution in [2.24, 2.45) is 0 Å². The number of benzene rings is 1. The molecule has 1 aliphatic heterocycles. The quantitative estimate of drug-likeness (QED) is 0.694. The molecule has 2 heterocycles. The zero-order valence-electron chi connectivity index (χ0n) is 13.2. The van der Waals surface area contributed by atoms with Crippen LogP contribution in [0, 0.1) is 0 Å². The molecule has 0 saturated carbocycles. The van der Waals surface area contributed by atoms with E-state index >= 15 is 0 Å².